The molecular weight excluding hydrogens is 406 g/mol. The molecule has 0 fully saturated rings. The fourth-order valence-corrected chi connectivity index (χ4v) is 3.32. The van der Waals surface area contributed by atoms with Crippen LogP contribution in [0.5, 0.6) is 0 Å². The van der Waals surface area contributed by atoms with E-state index in [-0.39, 0.29) is 5.56 Å². The third-order valence-electron chi connectivity index (χ3n) is 5.05. The Hall–Kier alpha value is -3.69. The van der Waals surface area contributed by atoms with Crippen LogP contribution in [0.15, 0.2) is 58.0 Å². The molecule has 0 aliphatic heterocycles. The third kappa shape index (κ3) is 4.63. The third-order valence-corrected chi connectivity index (χ3v) is 5.05. The lowest BCUT2D eigenvalue weighted by Gasteiger charge is -2.08. The lowest BCUT2D eigenvalue weighted by atomic mass is 10.1. The van der Waals surface area contributed by atoms with Gasteiger partial charge >= 0.3 is 0 Å². The molecule has 3 N–H and O–H groups in total. The van der Waals surface area contributed by atoms with Crippen molar-refractivity contribution in [3.05, 3.63) is 70.4 Å². The van der Waals surface area contributed by atoms with Crippen molar-refractivity contribution in [3.63, 3.8) is 0 Å². The fourth-order valence-electron chi connectivity index (χ4n) is 3.32. The first-order chi connectivity index (χ1) is 15.6. The van der Waals surface area contributed by atoms with E-state index in [0.29, 0.717) is 42.0 Å². The number of nitrogens with zero attached hydrogens (tertiary/aromatic N) is 5. The number of benzene rings is 1. The lowest BCUT2D eigenvalue weighted by molar-refractivity contribution is 0.581. The minimum Gasteiger partial charge on any atom is -0.415 e. The average molecular weight is 432 g/mol. The molecule has 4 rings (SSSR count). The SMILES string of the molecule is CNCc1ccc(-c2nnc(-c3nc(-c4ccc(=O)n(CCCN)c4)cnc3C)o2)cc1. The van der Waals surface area contributed by atoms with Crippen molar-refractivity contribution >= 4 is 0 Å². The van der Waals surface area contributed by atoms with Gasteiger partial charge in [-0.15, -0.1) is 10.2 Å². The molecule has 9 heteroatoms. The molecule has 0 radical (unpaired) electrons. The second-order valence-corrected chi connectivity index (χ2v) is 7.42. The second-order valence-electron chi connectivity index (χ2n) is 7.42. The zero-order chi connectivity index (χ0) is 22.5. The van der Waals surface area contributed by atoms with E-state index in [4.69, 9.17) is 15.1 Å². The molecule has 0 unspecified atom stereocenters. The Morgan fingerprint density at radius 2 is 1.81 bits per heavy atom. The van der Waals surface area contributed by atoms with Gasteiger partial charge in [0.15, 0.2) is 0 Å². The molecule has 3 heterocycles. The zero-order valence-corrected chi connectivity index (χ0v) is 18.1. The van der Waals surface area contributed by atoms with Crippen LogP contribution in [0.2, 0.25) is 0 Å². The molecule has 164 valence electrons. The highest BCUT2D eigenvalue weighted by Gasteiger charge is 2.16. The molecule has 32 heavy (non-hydrogen) atoms. The van der Waals surface area contributed by atoms with Gasteiger partial charge in [-0.25, -0.2) is 4.98 Å². The molecule has 0 atom stereocenters. The first kappa shape index (κ1) is 21.5. The summed E-state index contributed by atoms with van der Waals surface area (Å²) in [7, 11) is 1.91. The fraction of sp³-hybridized carbons (Fsp3) is 0.261. The van der Waals surface area contributed by atoms with Gasteiger partial charge in [0.25, 0.3) is 11.4 Å². The average Bonchev–Trinajstić information content (AvgIpc) is 3.30. The molecule has 0 spiro atoms. The van der Waals surface area contributed by atoms with Gasteiger partial charge in [-0.2, -0.15) is 0 Å². The van der Waals surface area contributed by atoms with Crippen molar-refractivity contribution < 1.29 is 4.42 Å². The Labute approximate surface area is 185 Å². The second kappa shape index (κ2) is 9.63. The van der Waals surface area contributed by atoms with Crippen LogP contribution >= 0.6 is 0 Å². The molecule has 0 amide bonds. The number of aromatic nitrogens is 5. The van der Waals surface area contributed by atoms with Crippen molar-refractivity contribution in [1.29, 1.82) is 0 Å². The Kier molecular flexibility index (Phi) is 6.48. The van der Waals surface area contributed by atoms with Crippen molar-refractivity contribution in [2.75, 3.05) is 13.6 Å². The number of nitrogens with two attached hydrogens (primary N) is 1. The predicted octanol–water partition coefficient (Wildman–Crippen LogP) is 2.40. The van der Waals surface area contributed by atoms with Crippen LogP contribution in [0.3, 0.4) is 0 Å². The van der Waals surface area contributed by atoms with E-state index in [1.54, 1.807) is 23.0 Å². The zero-order valence-electron chi connectivity index (χ0n) is 18.1. The number of pyridine rings is 1. The van der Waals surface area contributed by atoms with Crippen LogP contribution in [0.1, 0.15) is 17.7 Å². The van der Waals surface area contributed by atoms with Gasteiger partial charge in [-0.05, 0) is 50.7 Å². The van der Waals surface area contributed by atoms with Gasteiger partial charge in [-0.3, -0.25) is 9.78 Å². The quantitative estimate of drug-likeness (QED) is 0.436. The van der Waals surface area contributed by atoms with Crippen LogP contribution in [0.25, 0.3) is 34.3 Å². The van der Waals surface area contributed by atoms with E-state index in [9.17, 15) is 4.79 Å². The Morgan fingerprint density at radius 1 is 1.06 bits per heavy atom. The van der Waals surface area contributed by atoms with Crippen LogP contribution in [-0.4, -0.2) is 38.3 Å². The summed E-state index contributed by atoms with van der Waals surface area (Å²) in [5.41, 5.74) is 10.1. The van der Waals surface area contributed by atoms with Crippen molar-refractivity contribution in [1.82, 2.24) is 30.0 Å². The Bertz CT molecular complexity index is 1260. The maximum atomic E-state index is 12.1. The van der Waals surface area contributed by atoms with Crippen molar-refractivity contribution in [2.24, 2.45) is 5.73 Å². The molecule has 0 saturated carbocycles. The van der Waals surface area contributed by atoms with Crippen LogP contribution in [-0.2, 0) is 13.1 Å². The van der Waals surface area contributed by atoms with Crippen LogP contribution < -0.4 is 16.6 Å². The maximum Gasteiger partial charge on any atom is 0.268 e. The first-order valence-corrected chi connectivity index (χ1v) is 10.4. The summed E-state index contributed by atoms with van der Waals surface area (Å²) in [4.78, 5) is 21.3. The van der Waals surface area contributed by atoms with Gasteiger partial charge in [0.1, 0.15) is 5.69 Å². The topological polar surface area (TPSA) is 125 Å². The standard InChI is InChI=1S/C23H25N7O2/c1-15-21(23-29-28-22(32-23)17-6-4-16(5-7-17)12-25-2)27-19(13-26-15)18-8-9-20(31)30(14-18)11-3-10-24/h4-9,13-14,25H,3,10-12,24H2,1-2H3. The minimum absolute atomic E-state index is 0.0789. The summed E-state index contributed by atoms with van der Waals surface area (Å²) in [6, 6.07) is 11.2. The van der Waals surface area contributed by atoms with Crippen LogP contribution in [0, 0.1) is 6.92 Å². The number of rotatable bonds is 8. The van der Waals surface area contributed by atoms with Crippen molar-refractivity contribution in [3.8, 4) is 34.3 Å². The molecule has 0 aliphatic rings. The number of nitrogens with one attached hydrogen (secondary N) is 1. The lowest BCUT2D eigenvalue weighted by Crippen LogP contribution is -2.20. The minimum atomic E-state index is -0.0789. The van der Waals surface area contributed by atoms with Gasteiger partial charge in [0, 0.05) is 36.5 Å². The van der Waals surface area contributed by atoms with E-state index in [2.05, 4.69) is 20.5 Å². The largest absolute Gasteiger partial charge is 0.415 e. The summed E-state index contributed by atoms with van der Waals surface area (Å²) < 4.78 is 7.54. The van der Waals surface area contributed by atoms with E-state index in [1.165, 1.54) is 11.6 Å². The Morgan fingerprint density at radius 3 is 2.56 bits per heavy atom. The number of aryl methyl sites for hydroxylation is 2. The molecular formula is C23H25N7O2. The van der Waals surface area contributed by atoms with E-state index in [0.717, 1.165) is 24.1 Å². The smallest absolute Gasteiger partial charge is 0.268 e. The summed E-state index contributed by atoms with van der Waals surface area (Å²) in [6.45, 7) is 3.69. The highest BCUT2D eigenvalue weighted by molar-refractivity contribution is 5.62. The van der Waals surface area contributed by atoms with Gasteiger partial charge in [-0.1, -0.05) is 12.1 Å². The van der Waals surface area contributed by atoms with E-state index < -0.39 is 0 Å². The predicted molar refractivity (Wildman–Crippen MR) is 122 cm³/mol. The van der Waals surface area contributed by atoms with Gasteiger partial charge in [0.2, 0.25) is 5.89 Å². The summed E-state index contributed by atoms with van der Waals surface area (Å²) in [5, 5.41) is 11.5. The summed E-state index contributed by atoms with van der Waals surface area (Å²) >= 11 is 0. The molecule has 4 aromatic rings. The monoisotopic (exact) mass is 431 g/mol. The van der Waals surface area contributed by atoms with E-state index >= 15 is 0 Å². The molecule has 1 aromatic carbocycles. The maximum absolute atomic E-state index is 12.1. The van der Waals surface area contributed by atoms with Gasteiger partial charge < -0.3 is 20.0 Å². The Balaban J connectivity index is 1.65. The summed E-state index contributed by atoms with van der Waals surface area (Å²) in [6.07, 6.45) is 4.16. The summed E-state index contributed by atoms with van der Waals surface area (Å²) in [5.74, 6) is 0.709. The normalized spacial score (nSPS) is 11.1. The molecule has 0 saturated heterocycles. The van der Waals surface area contributed by atoms with Gasteiger partial charge in [0.05, 0.1) is 17.6 Å². The molecule has 9 nitrogen and oxygen atoms in total. The number of hydrogen-bond acceptors (Lipinski definition) is 8. The van der Waals surface area contributed by atoms with Crippen LogP contribution in [0.4, 0.5) is 0 Å². The van der Waals surface area contributed by atoms with Crippen molar-refractivity contribution in [2.45, 2.75) is 26.4 Å². The first-order valence-electron chi connectivity index (χ1n) is 10.4. The molecule has 0 aliphatic carbocycles. The number of hydrogen-bond donors (Lipinski definition) is 2. The highest BCUT2D eigenvalue weighted by atomic mass is 16.4. The molecule has 0 bridgehead atoms. The van der Waals surface area contributed by atoms with E-state index in [1.807, 2.05) is 38.2 Å². The highest BCUT2D eigenvalue weighted by Crippen LogP contribution is 2.26. The molecule has 3 aromatic heterocycles.